The number of hydrogen-bond donors (Lipinski definition) is 0. The van der Waals surface area contributed by atoms with Gasteiger partial charge in [-0.2, -0.15) is 0 Å². The van der Waals surface area contributed by atoms with Crippen LogP contribution >= 0.6 is 0 Å². The van der Waals surface area contributed by atoms with Crippen LogP contribution in [-0.4, -0.2) is 31.6 Å². The Balaban J connectivity index is 1.62. The van der Waals surface area contributed by atoms with Crippen molar-refractivity contribution in [3.8, 4) is 5.75 Å². The van der Waals surface area contributed by atoms with E-state index in [1.54, 1.807) is 12.1 Å². The third kappa shape index (κ3) is 4.81. The molecule has 24 heavy (non-hydrogen) atoms. The van der Waals surface area contributed by atoms with Crippen LogP contribution in [-0.2, 0) is 12.8 Å². The van der Waals surface area contributed by atoms with Gasteiger partial charge in [0.1, 0.15) is 11.6 Å². The van der Waals surface area contributed by atoms with Gasteiger partial charge in [-0.15, -0.1) is 0 Å². The zero-order valence-corrected chi connectivity index (χ0v) is 14.4. The molecule has 0 saturated carbocycles. The van der Waals surface area contributed by atoms with Gasteiger partial charge in [-0.1, -0.05) is 30.3 Å². The van der Waals surface area contributed by atoms with Crippen molar-refractivity contribution in [1.82, 2.24) is 4.90 Å². The van der Waals surface area contributed by atoms with Crippen molar-refractivity contribution >= 4 is 0 Å². The van der Waals surface area contributed by atoms with E-state index in [1.165, 1.54) is 31.0 Å². The number of nitrogens with zero attached hydrogens (tertiary/aromatic N) is 1. The van der Waals surface area contributed by atoms with Gasteiger partial charge in [-0.3, -0.25) is 0 Å². The van der Waals surface area contributed by atoms with E-state index in [0.717, 1.165) is 30.7 Å². The fourth-order valence-electron chi connectivity index (χ4n) is 3.42. The number of halogens is 1. The zero-order chi connectivity index (χ0) is 16.8. The second kappa shape index (κ2) is 8.29. The average Bonchev–Trinajstić information content (AvgIpc) is 2.60. The summed E-state index contributed by atoms with van der Waals surface area (Å²) in [6.45, 7) is 2.98. The number of likely N-dealkylation sites (tertiary alicyclic amines) is 1. The Hall–Kier alpha value is -1.87. The van der Waals surface area contributed by atoms with Crippen molar-refractivity contribution in [2.45, 2.75) is 25.7 Å². The maximum Gasteiger partial charge on any atom is 0.123 e. The molecule has 0 aromatic heterocycles. The van der Waals surface area contributed by atoms with Crippen molar-refractivity contribution < 1.29 is 9.13 Å². The lowest BCUT2D eigenvalue weighted by atomic mass is 9.99. The van der Waals surface area contributed by atoms with Gasteiger partial charge in [-0.05, 0) is 68.6 Å². The monoisotopic (exact) mass is 327 g/mol. The smallest absolute Gasteiger partial charge is 0.123 e. The fourth-order valence-corrected chi connectivity index (χ4v) is 3.42. The highest BCUT2D eigenvalue weighted by molar-refractivity contribution is 5.35. The van der Waals surface area contributed by atoms with Crippen LogP contribution in [0.3, 0.4) is 0 Å². The first kappa shape index (κ1) is 17.0. The lowest BCUT2D eigenvalue weighted by Crippen LogP contribution is -2.34. The number of piperidine rings is 1. The highest BCUT2D eigenvalue weighted by atomic mass is 19.1. The van der Waals surface area contributed by atoms with Gasteiger partial charge in [-0.25, -0.2) is 4.39 Å². The molecule has 1 fully saturated rings. The summed E-state index contributed by atoms with van der Waals surface area (Å²) in [5, 5.41) is 0. The first-order chi connectivity index (χ1) is 11.7. The van der Waals surface area contributed by atoms with Crippen LogP contribution in [0, 0.1) is 11.7 Å². The standard InChI is InChI=1S/C21H26FNO/c1-23-13-5-8-18(15-23)16-24-21-12-11-20(22)14-19(21)10-9-17-6-3-2-4-7-17/h2-4,6-7,11-12,14,18H,5,8-10,13,15-16H2,1H3. The van der Waals surface area contributed by atoms with Crippen molar-refractivity contribution in [3.63, 3.8) is 0 Å². The summed E-state index contributed by atoms with van der Waals surface area (Å²) >= 11 is 0. The van der Waals surface area contributed by atoms with E-state index in [4.69, 9.17) is 4.74 Å². The molecule has 3 heteroatoms. The number of ether oxygens (including phenoxy) is 1. The molecule has 2 nitrogen and oxygen atoms in total. The molecule has 0 spiro atoms. The van der Waals surface area contributed by atoms with Crippen LogP contribution in [0.5, 0.6) is 5.75 Å². The molecule has 1 aliphatic heterocycles. The van der Waals surface area contributed by atoms with E-state index in [-0.39, 0.29) is 5.82 Å². The number of aryl methyl sites for hydroxylation is 2. The summed E-state index contributed by atoms with van der Waals surface area (Å²) in [7, 11) is 2.16. The molecule has 1 aliphatic rings. The molecule has 0 aliphatic carbocycles. The maximum absolute atomic E-state index is 13.7. The molecule has 2 aromatic rings. The van der Waals surface area contributed by atoms with Crippen LogP contribution in [0.4, 0.5) is 4.39 Å². The van der Waals surface area contributed by atoms with Gasteiger partial charge in [0.25, 0.3) is 0 Å². The predicted molar refractivity (Wildman–Crippen MR) is 96.0 cm³/mol. The van der Waals surface area contributed by atoms with Crippen LogP contribution < -0.4 is 4.74 Å². The van der Waals surface area contributed by atoms with Gasteiger partial charge in [0.15, 0.2) is 0 Å². The maximum atomic E-state index is 13.7. The Morgan fingerprint density at radius 2 is 1.96 bits per heavy atom. The van der Waals surface area contributed by atoms with Crippen molar-refractivity contribution in [2.24, 2.45) is 5.92 Å². The third-order valence-electron chi connectivity index (χ3n) is 4.74. The van der Waals surface area contributed by atoms with Gasteiger partial charge in [0.05, 0.1) is 6.61 Å². The van der Waals surface area contributed by atoms with E-state index in [1.807, 2.05) is 18.2 Å². The van der Waals surface area contributed by atoms with Crippen LogP contribution in [0.1, 0.15) is 24.0 Å². The Morgan fingerprint density at radius 1 is 1.12 bits per heavy atom. The van der Waals surface area contributed by atoms with E-state index >= 15 is 0 Å². The molecule has 1 atom stereocenters. The third-order valence-corrected chi connectivity index (χ3v) is 4.74. The SMILES string of the molecule is CN1CCCC(COc2ccc(F)cc2CCc2ccccc2)C1. The summed E-state index contributed by atoms with van der Waals surface area (Å²) in [5.41, 5.74) is 2.23. The largest absolute Gasteiger partial charge is 0.493 e. The van der Waals surface area contributed by atoms with Crippen LogP contribution in [0.15, 0.2) is 48.5 Å². The Morgan fingerprint density at radius 3 is 2.75 bits per heavy atom. The van der Waals surface area contributed by atoms with Crippen LogP contribution in [0.25, 0.3) is 0 Å². The molecule has 128 valence electrons. The molecule has 1 unspecified atom stereocenters. The summed E-state index contributed by atoms with van der Waals surface area (Å²) < 4.78 is 19.7. The average molecular weight is 327 g/mol. The first-order valence-electron chi connectivity index (χ1n) is 8.84. The first-order valence-corrected chi connectivity index (χ1v) is 8.84. The lowest BCUT2D eigenvalue weighted by molar-refractivity contribution is 0.149. The molecule has 1 saturated heterocycles. The van der Waals surface area contributed by atoms with Gasteiger partial charge < -0.3 is 9.64 Å². The number of benzene rings is 2. The fraction of sp³-hybridized carbons (Fsp3) is 0.429. The highest BCUT2D eigenvalue weighted by Gasteiger charge is 2.18. The van der Waals surface area contributed by atoms with Crippen molar-refractivity contribution in [3.05, 3.63) is 65.5 Å². The van der Waals surface area contributed by atoms with E-state index in [9.17, 15) is 4.39 Å². The summed E-state index contributed by atoms with van der Waals surface area (Å²) in [4.78, 5) is 2.36. The summed E-state index contributed by atoms with van der Waals surface area (Å²) in [6.07, 6.45) is 4.13. The lowest BCUT2D eigenvalue weighted by Gasteiger charge is -2.29. The minimum Gasteiger partial charge on any atom is -0.493 e. The molecular formula is C21H26FNO. The normalized spacial score (nSPS) is 18.5. The van der Waals surface area contributed by atoms with E-state index in [0.29, 0.717) is 12.5 Å². The van der Waals surface area contributed by atoms with Gasteiger partial charge in [0.2, 0.25) is 0 Å². The highest BCUT2D eigenvalue weighted by Crippen LogP contribution is 2.24. The number of rotatable bonds is 6. The van der Waals surface area contributed by atoms with Gasteiger partial charge in [0, 0.05) is 12.5 Å². The molecule has 0 N–H and O–H groups in total. The topological polar surface area (TPSA) is 12.5 Å². The zero-order valence-electron chi connectivity index (χ0n) is 14.4. The molecule has 0 radical (unpaired) electrons. The molecular weight excluding hydrogens is 301 g/mol. The Bertz CT molecular complexity index is 644. The molecule has 1 heterocycles. The second-order valence-corrected chi connectivity index (χ2v) is 6.82. The Kier molecular flexibility index (Phi) is 5.86. The second-order valence-electron chi connectivity index (χ2n) is 6.82. The molecule has 0 bridgehead atoms. The molecule has 3 rings (SSSR count). The minimum atomic E-state index is -0.192. The minimum absolute atomic E-state index is 0.192. The number of hydrogen-bond acceptors (Lipinski definition) is 2. The van der Waals surface area contributed by atoms with Crippen molar-refractivity contribution in [1.29, 1.82) is 0 Å². The predicted octanol–water partition coefficient (Wildman–Crippen LogP) is 4.33. The molecule has 0 amide bonds. The van der Waals surface area contributed by atoms with E-state index in [2.05, 4.69) is 24.1 Å². The van der Waals surface area contributed by atoms with Crippen LogP contribution in [0.2, 0.25) is 0 Å². The Labute approximate surface area is 144 Å². The molecule has 2 aromatic carbocycles. The van der Waals surface area contributed by atoms with Gasteiger partial charge >= 0.3 is 0 Å². The summed E-state index contributed by atoms with van der Waals surface area (Å²) in [6, 6.07) is 15.2. The summed E-state index contributed by atoms with van der Waals surface area (Å²) in [5.74, 6) is 1.21. The quantitative estimate of drug-likeness (QED) is 0.783. The van der Waals surface area contributed by atoms with E-state index < -0.39 is 0 Å². The van der Waals surface area contributed by atoms with Crippen molar-refractivity contribution in [2.75, 3.05) is 26.7 Å².